The zero-order chi connectivity index (χ0) is 21.8. The molecule has 3 rings (SSSR count). The molecule has 0 spiro atoms. The minimum atomic E-state index is -0.759. The smallest absolute Gasteiger partial charge is 0.319 e. The quantitative estimate of drug-likeness (QED) is 0.578. The van der Waals surface area contributed by atoms with Crippen molar-refractivity contribution in [3.8, 4) is 23.0 Å². The normalized spacial score (nSPS) is 15.7. The molecular weight excluding hydrogens is 390 g/mol. The number of carbonyl (C=O) groups excluding carboxylic acids is 2. The number of amides is 3. The van der Waals surface area contributed by atoms with Crippen LogP contribution in [0.4, 0.5) is 10.5 Å². The van der Waals surface area contributed by atoms with Crippen molar-refractivity contribution in [1.82, 2.24) is 10.6 Å². The van der Waals surface area contributed by atoms with Crippen molar-refractivity contribution in [3.05, 3.63) is 53.2 Å². The molecule has 0 fully saturated rings. The molecule has 158 valence electrons. The van der Waals surface area contributed by atoms with Crippen LogP contribution in [0, 0.1) is 0 Å². The topological polar surface area (TPSA) is 118 Å². The molecule has 0 aromatic heterocycles. The van der Waals surface area contributed by atoms with E-state index in [1.54, 1.807) is 37.3 Å². The van der Waals surface area contributed by atoms with Crippen molar-refractivity contribution in [3.63, 3.8) is 0 Å². The molecule has 4 N–H and O–H groups in total. The summed E-state index contributed by atoms with van der Waals surface area (Å²) in [5, 5.41) is 18.0. The van der Waals surface area contributed by atoms with Gasteiger partial charge in [0.15, 0.2) is 11.5 Å². The third-order valence-electron chi connectivity index (χ3n) is 4.71. The number of hydrogen-bond donors (Lipinski definition) is 4. The Morgan fingerprint density at radius 1 is 1.03 bits per heavy atom. The minimum absolute atomic E-state index is 0.0469. The molecule has 1 heterocycles. The van der Waals surface area contributed by atoms with E-state index in [2.05, 4.69) is 16.0 Å². The van der Waals surface area contributed by atoms with E-state index in [-0.39, 0.29) is 11.5 Å². The van der Waals surface area contributed by atoms with Crippen LogP contribution in [0.25, 0.3) is 0 Å². The number of ether oxygens (including phenoxy) is 3. The van der Waals surface area contributed by atoms with Gasteiger partial charge in [-0.15, -0.1) is 0 Å². The molecule has 0 saturated heterocycles. The van der Waals surface area contributed by atoms with Crippen LogP contribution in [-0.2, 0) is 4.79 Å². The lowest BCUT2D eigenvalue weighted by atomic mass is 9.94. The predicted molar refractivity (Wildman–Crippen MR) is 110 cm³/mol. The number of carbonyl (C=O) groups is 2. The molecule has 9 nitrogen and oxygen atoms in total. The molecule has 0 radical (unpaired) electrons. The first kappa shape index (κ1) is 20.8. The Balaban J connectivity index is 2.00. The molecule has 0 aliphatic carbocycles. The zero-order valence-corrected chi connectivity index (χ0v) is 17.0. The van der Waals surface area contributed by atoms with Crippen molar-refractivity contribution < 1.29 is 28.9 Å². The molecule has 0 unspecified atom stereocenters. The SMILES string of the molecule is COc1ccc(OC)c(NC(=O)C2=C(C)NC(=O)N[C@@H]2c2ccc(O)c(OC)c2)c1. The van der Waals surface area contributed by atoms with Crippen molar-refractivity contribution in [2.45, 2.75) is 13.0 Å². The predicted octanol–water partition coefficient (Wildman–Crippen LogP) is 2.68. The van der Waals surface area contributed by atoms with Gasteiger partial charge in [-0.05, 0) is 36.8 Å². The Hall–Kier alpha value is -3.88. The Bertz CT molecular complexity index is 1020. The zero-order valence-electron chi connectivity index (χ0n) is 17.0. The van der Waals surface area contributed by atoms with Gasteiger partial charge in [0.05, 0.1) is 38.6 Å². The molecular formula is C21H23N3O6. The van der Waals surface area contributed by atoms with Gasteiger partial charge >= 0.3 is 6.03 Å². The van der Waals surface area contributed by atoms with Gasteiger partial charge in [-0.25, -0.2) is 4.79 Å². The van der Waals surface area contributed by atoms with Crippen LogP contribution in [0.15, 0.2) is 47.7 Å². The molecule has 3 amide bonds. The highest BCUT2D eigenvalue weighted by atomic mass is 16.5. The van der Waals surface area contributed by atoms with E-state index in [1.165, 1.54) is 27.4 Å². The Morgan fingerprint density at radius 2 is 1.77 bits per heavy atom. The fourth-order valence-corrected chi connectivity index (χ4v) is 3.22. The van der Waals surface area contributed by atoms with Crippen LogP contribution in [-0.4, -0.2) is 38.4 Å². The lowest BCUT2D eigenvalue weighted by Crippen LogP contribution is -2.46. The molecule has 30 heavy (non-hydrogen) atoms. The maximum Gasteiger partial charge on any atom is 0.319 e. The van der Waals surface area contributed by atoms with Crippen molar-refractivity contribution in [2.24, 2.45) is 0 Å². The Kier molecular flexibility index (Phi) is 6.01. The minimum Gasteiger partial charge on any atom is -0.504 e. The third-order valence-corrected chi connectivity index (χ3v) is 4.71. The lowest BCUT2D eigenvalue weighted by molar-refractivity contribution is -0.113. The monoisotopic (exact) mass is 413 g/mol. The molecule has 2 aromatic rings. The van der Waals surface area contributed by atoms with Crippen LogP contribution in [0.5, 0.6) is 23.0 Å². The molecule has 0 bridgehead atoms. The number of phenols is 1. The van der Waals surface area contributed by atoms with E-state index in [9.17, 15) is 14.7 Å². The number of allylic oxidation sites excluding steroid dienone is 1. The summed E-state index contributed by atoms with van der Waals surface area (Å²) in [6, 6.07) is 8.45. The number of nitrogens with one attached hydrogen (secondary N) is 3. The molecule has 2 aromatic carbocycles. The Labute approximate surface area is 173 Å². The second-order valence-electron chi connectivity index (χ2n) is 6.52. The number of rotatable bonds is 6. The maximum absolute atomic E-state index is 13.2. The molecule has 9 heteroatoms. The van der Waals surface area contributed by atoms with Gasteiger partial charge in [-0.2, -0.15) is 0 Å². The summed E-state index contributed by atoms with van der Waals surface area (Å²) in [5.74, 6) is 0.745. The summed E-state index contributed by atoms with van der Waals surface area (Å²) in [4.78, 5) is 25.3. The van der Waals surface area contributed by atoms with Gasteiger partial charge < -0.3 is 35.3 Å². The second kappa shape index (κ2) is 8.64. The van der Waals surface area contributed by atoms with Gasteiger partial charge in [0.25, 0.3) is 5.91 Å². The first-order valence-corrected chi connectivity index (χ1v) is 9.06. The summed E-state index contributed by atoms with van der Waals surface area (Å²) in [6.07, 6.45) is 0. The van der Waals surface area contributed by atoms with E-state index >= 15 is 0 Å². The largest absolute Gasteiger partial charge is 0.504 e. The summed E-state index contributed by atoms with van der Waals surface area (Å²) < 4.78 is 15.7. The number of urea groups is 1. The van der Waals surface area contributed by atoms with Gasteiger partial charge in [-0.1, -0.05) is 6.07 Å². The molecule has 1 aliphatic rings. The van der Waals surface area contributed by atoms with Crippen molar-refractivity contribution in [1.29, 1.82) is 0 Å². The Morgan fingerprint density at radius 3 is 2.43 bits per heavy atom. The van der Waals surface area contributed by atoms with E-state index in [0.717, 1.165) is 0 Å². The van der Waals surface area contributed by atoms with Crippen LogP contribution in [0.2, 0.25) is 0 Å². The van der Waals surface area contributed by atoms with E-state index in [0.29, 0.717) is 34.0 Å². The number of anilines is 1. The van der Waals surface area contributed by atoms with Crippen LogP contribution in [0.1, 0.15) is 18.5 Å². The highest BCUT2D eigenvalue weighted by Crippen LogP contribution is 2.35. The summed E-state index contributed by atoms with van der Waals surface area (Å²) in [5.41, 5.74) is 1.69. The standard InChI is InChI=1S/C21H23N3O6/c1-11-18(20(26)23-14-10-13(28-2)6-8-16(14)29-3)19(24-21(27)22-11)12-5-7-15(25)17(9-12)30-4/h5-10,19,25H,1-4H3,(H,23,26)(H2,22,24,27)/t19-/m1/s1. The number of methoxy groups -OCH3 is 3. The van der Waals surface area contributed by atoms with Gasteiger partial charge in [-0.3, -0.25) is 4.79 Å². The molecule has 0 saturated carbocycles. The number of benzene rings is 2. The van der Waals surface area contributed by atoms with Gasteiger partial charge in [0.2, 0.25) is 0 Å². The van der Waals surface area contributed by atoms with Gasteiger partial charge in [0, 0.05) is 11.8 Å². The third kappa shape index (κ3) is 4.09. The molecule has 1 atom stereocenters. The second-order valence-corrected chi connectivity index (χ2v) is 6.52. The fourth-order valence-electron chi connectivity index (χ4n) is 3.22. The van der Waals surface area contributed by atoms with Gasteiger partial charge in [0.1, 0.15) is 11.5 Å². The summed E-state index contributed by atoms with van der Waals surface area (Å²) >= 11 is 0. The van der Waals surface area contributed by atoms with Crippen LogP contribution < -0.4 is 30.2 Å². The van der Waals surface area contributed by atoms with Crippen molar-refractivity contribution in [2.75, 3.05) is 26.6 Å². The fraction of sp³-hybridized carbons (Fsp3) is 0.238. The highest BCUT2D eigenvalue weighted by Gasteiger charge is 2.32. The summed E-state index contributed by atoms with van der Waals surface area (Å²) in [6.45, 7) is 1.64. The average Bonchev–Trinajstić information content (AvgIpc) is 2.73. The molecule has 1 aliphatic heterocycles. The van der Waals surface area contributed by atoms with E-state index in [1.807, 2.05) is 0 Å². The number of phenolic OH excluding ortho intramolecular Hbond substituents is 1. The first-order chi connectivity index (χ1) is 14.4. The number of hydrogen-bond acceptors (Lipinski definition) is 6. The number of aromatic hydroxyl groups is 1. The van der Waals surface area contributed by atoms with E-state index in [4.69, 9.17) is 14.2 Å². The van der Waals surface area contributed by atoms with E-state index < -0.39 is 18.0 Å². The van der Waals surface area contributed by atoms with Crippen LogP contribution >= 0.6 is 0 Å². The summed E-state index contributed by atoms with van der Waals surface area (Å²) in [7, 11) is 4.44. The van der Waals surface area contributed by atoms with Crippen molar-refractivity contribution >= 4 is 17.6 Å². The highest BCUT2D eigenvalue weighted by molar-refractivity contribution is 6.07. The lowest BCUT2D eigenvalue weighted by Gasteiger charge is -2.29. The van der Waals surface area contributed by atoms with Crippen LogP contribution in [0.3, 0.4) is 0 Å². The first-order valence-electron chi connectivity index (χ1n) is 9.06. The maximum atomic E-state index is 13.2. The average molecular weight is 413 g/mol.